The Morgan fingerprint density at radius 3 is 2.91 bits per heavy atom. The second-order valence-corrected chi connectivity index (χ2v) is 4.88. The van der Waals surface area contributed by atoms with E-state index >= 15 is 0 Å². The van der Waals surface area contributed by atoms with E-state index in [1.165, 1.54) is 0 Å². The highest BCUT2D eigenvalue weighted by Gasteiger charge is 2.30. The maximum Gasteiger partial charge on any atom is 0.350 e. The second kappa shape index (κ2) is 6.39. The number of esters is 1. The molecule has 1 aromatic carbocycles. The average Bonchev–Trinajstić information content (AvgIpc) is 3.06. The molecule has 22 heavy (non-hydrogen) atoms. The van der Waals surface area contributed by atoms with Crippen LogP contribution in [0.4, 0.5) is 0 Å². The van der Waals surface area contributed by atoms with Gasteiger partial charge in [-0.15, -0.1) is 0 Å². The molecule has 0 N–H and O–H groups in total. The van der Waals surface area contributed by atoms with Crippen molar-refractivity contribution in [2.24, 2.45) is 5.16 Å². The molecule has 5 nitrogen and oxygen atoms in total. The van der Waals surface area contributed by atoms with Crippen molar-refractivity contribution in [2.45, 2.75) is 19.4 Å². The standard InChI is InChI=1S/C17H16N2O3/c1-2-21-17(20)16-11-15(19-22-16)13-7-5-6-12(10-13)14-8-3-4-9-18-14/h3-10,16H,2,11H2,1H3. The smallest absolute Gasteiger partial charge is 0.350 e. The molecule has 0 spiro atoms. The quantitative estimate of drug-likeness (QED) is 0.814. The van der Waals surface area contributed by atoms with Gasteiger partial charge in [-0.25, -0.2) is 4.79 Å². The Morgan fingerprint density at radius 2 is 2.14 bits per heavy atom. The summed E-state index contributed by atoms with van der Waals surface area (Å²) in [6.45, 7) is 2.11. The van der Waals surface area contributed by atoms with Crippen molar-refractivity contribution in [1.29, 1.82) is 0 Å². The minimum absolute atomic E-state index is 0.336. The van der Waals surface area contributed by atoms with Gasteiger partial charge >= 0.3 is 5.97 Å². The molecule has 1 aliphatic heterocycles. The zero-order valence-corrected chi connectivity index (χ0v) is 12.2. The van der Waals surface area contributed by atoms with Crippen LogP contribution in [0.15, 0.2) is 53.8 Å². The number of nitrogens with zero attached hydrogens (tertiary/aromatic N) is 2. The lowest BCUT2D eigenvalue weighted by Gasteiger charge is -2.06. The Morgan fingerprint density at radius 1 is 1.27 bits per heavy atom. The summed E-state index contributed by atoms with van der Waals surface area (Å²) in [5, 5.41) is 4.02. The first kappa shape index (κ1) is 14.3. The molecule has 0 amide bonds. The number of oxime groups is 1. The van der Waals surface area contributed by atoms with Crippen LogP contribution >= 0.6 is 0 Å². The molecule has 2 aromatic rings. The molecule has 0 saturated carbocycles. The van der Waals surface area contributed by atoms with Crippen LogP contribution in [0.25, 0.3) is 11.3 Å². The molecular formula is C17H16N2O3. The molecule has 1 aromatic heterocycles. The van der Waals surface area contributed by atoms with Crippen LogP contribution in [-0.4, -0.2) is 29.4 Å². The number of rotatable bonds is 4. The number of pyridine rings is 1. The normalized spacial score (nSPS) is 16.8. The fourth-order valence-corrected chi connectivity index (χ4v) is 2.30. The molecule has 112 valence electrons. The number of carbonyl (C=O) groups excluding carboxylic acids is 1. The van der Waals surface area contributed by atoms with Crippen molar-refractivity contribution in [3.63, 3.8) is 0 Å². The van der Waals surface area contributed by atoms with Crippen LogP contribution in [0.2, 0.25) is 0 Å². The number of ether oxygens (including phenoxy) is 1. The van der Waals surface area contributed by atoms with E-state index in [0.717, 1.165) is 22.5 Å². The minimum Gasteiger partial charge on any atom is -0.463 e. The second-order valence-electron chi connectivity index (χ2n) is 4.88. The monoisotopic (exact) mass is 296 g/mol. The first-order valence-corrected chi connectivity index (χ1v) is 7.19. The summed E-state index contributed by atoms with van der Waals surface area (Å²) in [7, 11) is 0. The van der Waals surface area contributed by atoms with Gasteiger partial charge in [0.1, 0.15) is 0 Å². The molecule has 2 heterocycles. The highest BCUT2D eigenvalue weighted by molar-refractivity contribution is 6.04. The molecule has 1 atom stereocenters. The van der Waals surface area contributed by atoms with E-state index in [1.54, 1.807) is 13.1 Å². The first-order chi connectivity index (χ1) is 10.8. The molecule has 5 heteroatoms. The van der Waals surface area contributed by atoms with Gasteiger partial charge in [0.2, 0.25) is 6.10 Å². The average molecular weight is 296 g/mol. The van der Waals surface area contributed by atoms with Crippen LogP contribution in [0.1, 0.15) is 18.9 Å². The van der Waals surface area contributed by atoms with Gasteiger partial charge in [-0.05, 0) is 25.1 Å². The summed E-state index contributed by atoms with van der Waals surface area (Å²) in [5.41, 5.74) is 3.57. The number of carbonyl (C=O) groups is 1. The molecular weight excluding hydrogens is 280 g/mol. The van der Waals surface area contributed by atoms with Gasteiger partial charge in [0.15, 0.2) is 0 Å². The predicted molar refractivity (Wildman–Crippen MR) is 82.3 cm³/mol. The molecule has 1 aliphatic rings. The van der Waals surface area contributed by atoms with Gasteiger partial charge in [-0.1, -0.05) is 29.4 Å². The first-order valence-electron chi connectivity index (χ1n) is 7.19. The molecule has 0 bridgehead atoms. The summed E-state index contributed by atoms with van der Waals surface area (Å²) < 4.78 is 4.96. The van der Waals surface area contributed by atoms with E-state index in [1.807, 2.05) is 42.5 Å². The third-order valence-corrected chi connectivity index (χ3v) is 3.37. The number of aromatic nitrogens is 1. The Kier molecular flexibility index (Phi) is 4.14. The highest BCUT2D eigenvalue weighted by Crippen LogP contribution is 2.22. The van der Waals surface area contributed by atoms with E-state index < -0.39 is 6.10 Å². The SMILES string of the molecule is CCOC(=O)C1CC(c2cccc(-c3ccccn3)c2)=NO1. The maximum absolute atomic E-state index is 11.7. The largest absolute Gasteiger partial charge is 0.463 e. The fourth-order valence-electron chi connectivity index (χ4n) is 2.30. The Hall–Kier alpha value is -2.69. The summed E-state index contributed by atoms with van der Waals surface area (Å²) in [4.78, 5) is 21.2. The summed E-state index contributed by atoms with van der Waals surface area (Å²) in [6, 6.07) is 13.7. The lowest BCUT2D eigenvalue weighted by Crippen LogP contribution is -2.23. The van der Waals surface area contributed by atoms with Crippen LogP contribution in [0, 0.1) is 0 Å². The van der Waals surface area contributed by atoms with Crippen molar-refractivity contribution in [3.8, 4) is 11.3 Å². The summed E-state index contributed by atoms with van der Waals surface area (Å²) in [6.07, 6.45) is 1.54. The number of benzene rings is 1. The van der Waals surface area contributed by atoms with Crippen LogP contribution in [-0.2, 0) is 14.4 Å². The lowest BCUT2D eigenvalue weighted by molar-refractivity contribution is -0.154. The topological polar surface area (TPSA) is 60.8 Å². The van der Waals surface area contributed by atoms with Gasteiger partial charge in [0, 0.05) is 23.7 Å². The number of hydrogen-bond donors (Lipinski definition) is 0. The van der Waals surface area contributed by atoms with Crippen molar-refractivity contribution >= 4 is 11.7 Å². The van der Waals surface area contributed by atoms with E-state index in [2.05, 4.69) is 10.1 Å². The highest BCUT2D eigenvalue weighted by atomic mass is 16.7. The van der Waals surface area contributed by atoms with Gasteiger partial charge < -0.3 is 9.57 Å². The fraction of sp³-hybridized carbons (Fsp3) is 0.235. The molecule has 0 fully saturated rings. The Labute approximate surface area is 128 Å². The van der Waals surface area contributed by atoms with Crippen molar-refractivity contribution in [2.75, 3.05) is 6.61 Å². The van der Waals surface area contributed by atoms with Gasteiger partial charge in [-0.2, -0.15) is 0 Å². The summed E-state index contributed by atoms with van der Waals surface area (Å²) >= 11 is 0. The lowest BCUT2D eigenvalue weighted by atomic mass is 10.0. The molecule has 0 aliphatic carbocycles. The van der Waals surface area contributed by atoms with Crippen molar-refractivity contribution in [3.05, 3.63) is 54.2 Å². The summed E-state index contributed by atoms with van der Waals surface area (Å²) in [5.74, 6) is -0.373. The molecule has 0 saturated heterocycles. The zero-order chi connectivity index (χ0) is 15.4. The van der Waals surface area contributed by atoms with Crippen molar-refractivity contribution < 1.29 is 14.4 Å². The zero-order valence-electron chi connectivity index (χ0n) is 12.2. The third-order valence-electron chi connectivity index (χ3n) is 3.37. The van der Waals surface area contributed by atoms with E-state index in [4.69, 9.17) is 9.57 Å². The molecule has 0 radical (unpaired) electrons. The maximum atomic E-state index is 11.7. The minimum atomic E-state index is -0.645. The third kappa shape index (κ3) is 2.98. The van der Waals surface area contributed by atoms with Crippen LogP contribution in [0.5, 0.6) is 0 Å². The molecule has 3 rings (SSSR count). The Balaban J connectivity index is 1.78. The molecule has 1 unspecified atom stereocenters. The Bertz CT molecular complexity index is 698. The van der Waals surface area contributed by atoms with Gasteiger partial charge in [-0.3, -0.25) is 4.98 Å². The van der Waals surface area contributed by atoms with Crippen LogP contribution in [0.3, 0.4) is 0 Å². The van der Waals surface area contributed by atoms with Crippen molar-refractivity contribution in [1.82, 2.24) is 4.98 Å². The van der Waals surface area contributed by atoms with Gasteiger partial charge in [0.25, 0.3) is 0 Å². The van der Waals surface area contributed by atoms with Crippen LogP contribution < -0.4 is 0 Å². The van der Waals surface area contributed by atoms with E-state index in [0.29, 0.717) is 13.0 Å². The van der Waals surface area contributed by atoms with E-state index in [9.17, 15) is 4.79 Å². The van der Waals surface area contributed by atoms with E-state index in [-0.39, 0.29) is 5.97 Å². The predicted octanol–water partition coefficient (Wildman–Crippen LogP) is 2.80. The van der Waals surface area contributed by atoms with Gasteiger partial charge in [0.05, 0.1) is 18.0 Å². The number of hydrogen-bond acceptors (Lipinski definition) is 5.